The van der Waals surface area contributed by atoms with E-state index in [2.05, 4.69) is 74.7 Å². The molecule has 114 valence electrons. The van der Waals surface area contributed by atoms with E-state index in [1.54, 1.807) is 11.3 Å². The summed E-state index contributed by atoms with van der Waals surface area (Å²) < 4.78 is 0. The summed E-state index contributed by atoms with van der Waals surface area (Å²) in [6, 6.07) is 8.61. The number of rotatable bonds is 5. The summed E-state index contributed by atoms with van der Waals surface area (Å²) in [5.41, 5.74) is 3.72. The third kappa shape index (κ3) is 4.83. The van der Waals surface area contributed by atoms with Gasteiger partial charge in [-0.1, -0.05) is 32.9 Å². The van der Waals surface area contributed by atoms with Gasteiger partial charge in [-0.3, -0.25) is 0 Å². The molecule has 0 aliphatic carbocycles. The molecule has 0 bridgehead atoms. The van der Waals surface area contributed by atoms with Crippen LogP contribution in [0.25, 0.3) is 0 Å². The molecule has 1 aromatic heterocycles. The van der Waals surface area contributed by atoms with Crippen molar-refractivity contribution in [3.8, 4) is 0 Å². The molecule has 0 aliphatic heterocycles. The Morgan fingerprint density at radius 1 is 1.14 bits per heavy atom. The van der Waals surface area contributed by atoms with Gasteiger partial charge in [-0.15, -0.1) is 11.3 Å². The number of thiazole rings is 1. The average molecular weight is 303 g/mol. The molecule has 0 fully saturated rings. The van der Waals surface area contributed by atoms with Gasteiger partial charge in [-0.25, -0.2) is 4.98 Å². The highest BCUT2D eigenvalue weighted by Crippen LogP contribution is 2.25. The maximum absolute atomic E-state index is 4.70. The number of anilines is 1. The maximum Gasteiger partial charge on any atom is 0.0982 e. The quantitative estimate of drug-likeness (QED) is 0.901. The van der Waals surface area contributed by atoms with Crippen LogP contribution in [-0.2, 0) is 18.5 Å². The summed E-state index contributed by atoms with van der Waals surface area (Å²) in [6.07, 6.45) is 0. The molecule has 0 saturated heterocycles. The third-order valence-corrected chi connectivity index (χ3v) is 4.44. The van der Waals surface area contributed by atoms with E-state index in [9.17, 15) is 0 Å². The first-order valence-electron chi connectivity index (χ1n) is 7.27. The highest BCUT2D eigenvalue weighted by Gasteiger charge is 2.17. The summed E-state index contributed by atoms with van der Waals surface area (Å²) in [6.45, 7) is 8.35. The number of benzene rings is 1. The molecule has 4 heteroatoms. The van der Waals surface area contributed by atoms with E-state index in [0.29, 0.717) is 0 Å². The van der Waals surface area contributed by atoms with Crippen molar-refractivity contribution < 1.29 is 0 Å². The van der Waals surface area contributed by atoms with Crippen molar-refractivity contribution in [3.05, 3.63) is 45.9 Å². The Morgan fingerprint density at radius 3 is 2.33 bits per heavy atom. The van der Waals surface area contributed by atoms with Crippen LogP contribution in [0.3, 0.4) is 0 Å². The van der Waals surface area contributed by atoms with E-state index < -0.39 is 0 Å². The number of nitrogens with zero attached hydrogens (tertiary/aromatic N) is 2. The second kappa shape index (κ2) is 6.58. The van der Waals surface area contributed by atoms with E-state index in [0.717, 1.165) is 24.5 Å². The van der Waals surface area contributed by atoms with Crippen molar-refractivity contribution in [1.82, 2.24) is 9.88 Å². The fourth-order valence-electron chi connectivity index (χ4n) is 2.02. The molecule has 1 aromatic carbocycles. The van der Waals surface area contributed by atoms with E-state index in [1.807, 2.05) is 0 Å². The van der Waals surface area contributed by atoms with Crippen molar-refractivity contribution >= 4 is 17.0 Å². The number of aromatic nitrogens is 1. The van der Waals surface area contributed by atoms with Gasteiger partial charge in [0.1, 0.15) is 0 Å². The zero-order valence-corrected chi connectivity index (χ0v) is 14.4. The number of nitrogens with one attached hydrogen (secondary N) is 1. The van der Waals surface area contributed by atoms with Crippen LogP contribution >= 0.6 is 11.3 Å². The van der Waals surface area contributed by atoms with Gasteiger partial charge in [0.05, 0.1) is 17.2 Å². The smallest absolute Gasteiger partial charge is 0.0982 e. The van der Waals surface area contributed by atoms with Crippen molar-refractivity contribution in [2.45, 2.75) is 39.3 Å². The third-order valence-electron chi connectivity index (χ3n) is 3.12. The summed E-state index contributed by atoms with van der Waals surface area (Å²) >= 11 is 1.74. The molecule has 0 radical (unpaired) electrons. The first-order valence-corrected chi connectivity index (χ1v) is 8.15. The molecule has 3 nitrogen and oxygen atoms in total. The molecule has 0 aliphatic rings. The van der Waals surface area contributed by atoms with Crippen molar-refractivity contribution in [3.63, 3.8) is 0 Å². The van der Waals surface area contributed by atoms with Gasteiger partial charge in [-0.05, 0) is 31.8 Å². The lowest BCUT2D eigenvalue weighted by Gasteiger charge is -2.13. The summed E-state index contributed by atoms with van der Waals surface area (Å²) in [4.78, 5) is 6.88. The number of hydrogen-bond donors (Lipinski definition) is 1. The molecule has 21 heavy (non-hydrogen) atoms. The normalized spacial score (nSPS) is 11.9. The van der Waals surface area contributed by atoms with Crippen LogP contribution in [0.4, 0.5) is 5.69 Å². The zero-order valence-electron chi connectivity index (χ0n) is 13.6. The molecule has 1 heterocycles. The van der Waals surface area contributed by atoms with E-state index in [-0.39, 0.29) is 5.41 Å². The first-order chi connectivity index (χ1) is 9.84. The van der Waals surface area contributed by atoms with Gasteiger partial charge in [0.2, 0.25) is 0 Å². The van der Waals surface area contributed by atoms with E-state index in [4.69, 9.17) is 4.98 Å². The molecule has 0 saturated carbocycles. The Balaban J connectivity index is 1.92. The highest BCUT2D eigenvalue weighted by molar-refractivity contribution is 7.09. The Morgan fingerprint density at radius 2 is 1.81 bits per heavy atom. The minimum atomic E-state index is 0.136. The van der Waals surface area contributed by atoms with Crippen molar-refractivity contribution in [2.24, 2.45) is 0 Å². The van der Waals surface area contributed by atoms with Crippen LogP contribution in [0.2, 0.25) is 0 Å². The predicted octanol–water partition coefficient (Wildman–Crippen LogP) is 4.11. The fourth-order valence-corrected chi connectivity index (χ4v) is 2.93. The minimum absolute atomic E-state index is 0.136. The fraction of sp³-hybridized carbons (Fsp3) is 0.471. The standard InChI is InChI=1S/C17H25N3S/c1-17(2,3)16-19-15(12-21-16)10-18-14-8-6-13(7-9-14)11-20(4)5/h6-9,12,18H,10-11H2,1-5H3. The molecule has 0 atom stereocenters. The van der Waals surface area contributed by atoms with Gasteiger partial charge in [0.25, 0.3) is 0 Å². The van der Waals surface area contributed by atoms with E-state index >= 15 is 0 Å². The molecule has 0 spiro atoms. The monoisotopic (exact) mass is 303 g/mol. The topological polar surface area (TPSA) is 28.2 Å². The SMILES string of the molecule is CN(C)Cc1ccc(NCc2csc(C(C)(C)C)n2)cc1. The van der Waals surface area contributed by atoms with Crippen LogP contribution in [-0.4, -0.2) is 24.0 Å². The Kier molecular flexibility index (Phi) is 5.01. The molecule has 0 amide bonds. The first kappa shape index (κ1) is 16.0. The minimum Gasteiger partial charge on any atom is -0.379 e. The van der Waals surface area contributed by atoms with Gasteiger partial charge in [-0.2, -0.15) is 0 Å². The zero-order chi connectivity index (χ0) is 15.5. The van der Waals surface area contributed by atoms with Gasteiger partial charge >= 0.3 is 0 Å². The largest absolute Gasteiger partial charge is 0.379 e. The highest BCUT2D eigenvalue weighted by atomic mass is 32.1. The molecule has 2 rings (SSSR count). The summed E-state index contributed by atoms with van der Waals surface area (Å²) in [5, 5.41) is 6.78. The summed E-state index contributed by atoms with van der Waals surface area (Å²) in [5.74, 6) is 0. The van der Waals surface area contributed by atoms with Crippen molar-refractivity contribution in [2.75, 3.05) is 19.4 Å². The molecular weight excluding hydrogens is 278 g/mol. The lowest BCUT2D eigenvalue weighted by atomic mass is 9.98. The number of hydrogen-bond acceptors (Lipinski definition) is 4. The second-order valence-corrected chi connectivity index (χ2v) is 7.54. The van der Waals surface area contributed by atoms with E-state index in [1.165, 1.54) is 10.6 Å². The Bertz CT molecular complexity index is 564. The summed E-state index contributed by atoms with van der Waals surface area (Å²) in [7, 11) is 4.17. The van der Waals surface area contributed by atoms with Gasteiger partial charge < -0.3 is 10.2 Å². The lowest BCUT2D eigenvalue weighted by Crippen LogP contribution is -2.11. The van der Waals surface area contributed by atoms with Crippen LogP contribution in [0.5, 0.6) is 0 Å². The average Bonchev–Trinajstić information content (AvgIpc) is 2.86. The Labute approximate surface area is 132 Å². The molecule has 0 unspecified atom stereocenters. The lowest BCUT2D eigenvalue weighted by molar-refractivity contribution is 0.402. The van der Waals surface area contributed by atoms with Gasteiger partial charge in [0, 0.05) is 23.0 Å². The molecule has 2 aromatic rings. The van der Waals surface area contributed by atoms with Crippen LogP contribution < -0.4 is 5.32 Å². The maximum atomic E-state index is 4.70. The van der Waals surface area contributed by atoms with Crippen LogP contribution in [0.1, 0.15) is 37.0 Å². The van der Waals surface area contributed by atoms with Crippen LogP contribution in [0, 0.1) is 0 Å². The Hall–Kier alpha value is -1.39. The predicted molar refractivity (Wildman–Crippen MR) is 92.0 cm³/mol. The molecule has 1 N–H and O–H groups in total. The second-order valence-electron chi connectivity index (χ2n) is 6.68. The van der Waals surface area contributed by atoms with Crippen LogP contribution in [0.15, 0.2) is 29.6 Å². The molecular formula is C17H25N3S. The van der Waals surface area contributed by atoms with Gasteiger partial charge in [0.15, 0.2) is 0 Å². The van der Waals surface area contributed by atoms with Crippen molar-refractivity contribution in [1.29, 1.82) is 0 Å².